The largest absolute Gasteiger partial charge is 0.361 e. The van der Waals surface area contributed by atoms with Crippen molar-refractivity contribution in [2.24, 2.45) is 0 Å². The zero-order valence-corrected chi connectivity index (χ0v) is 12.1. The summed E-state index contributed by atoms with van der Waals surface area (Å²) in [4.78, 5) is 15.3. The molecule has 3 N–H and O–H groups in total. The lowest BCUT2D eigenvalue weighted by Gasteiger charge is -2.05. The van der Waals surface area contributed by atoms with E-state index in [1.54, 1.807) is 6.20 Å². The Bertz CT molecular complexity index is 921. The van der Waals surface area contributed by atoms with Crippen LogP contribution in [0.25, 0.3) is 16.5 Å². The lowest BCUT2D eigenvalue weighted by Crippen LogP contribution is -2.05. The molecule has 0 saturated carbocycles. The van der Waals surface area contributed by atoms with Gasteiger partial charge in [0.05, 0.1) is 5.57 Å². The van der Waals surface area contributed by atoms with Crippen LogP contribution in [0.4, 0.5) is 11.4 Å². The first-order valence-electron chi connectivity index (χ1n) is 7.17. The van der Waals surface area contributed by atoms with Gasteiger partial charge in [0, 0.05) is 34.9 Å². The molecule has 0 saturated heterocycles. The second-order valence-electron chi connectivity index (χ2n) is 5.43. The van der Waals surface area contributed by atoms with Gasteiger partial charge in [-0.3, -0.25) is 4.79 Å². The average molecular weight is 289 g/mol. The Labute approximate surface area is 127 Å². The third kappa shape index (κ3) is 1.97. The van der Waals surface area contributed by atoms with E-state index in [1.807, 2.05) is 55.6 Å². The Balaban J connectivity index is 1.70. The van der Waals surface area contributed by atoms with Gasteiger partial charge in [-0.2, -0.15) is 0 Å². The highest BCUT2D eigenvalue weighted by Gasteiger charge is 2.25. The van der Waals surface area contributed by atoms with E-state index in [9.17, 15) is 4.79 Å². The van der Waals surface area contributed by atoms with E-state index in [2.05, 4.69) is 15.6 Å². The van der Waals surface area contributed by atoms with E-state index >= 15 is 0 Å². The van der Waals surface area contributed by atoms with Crippen LogP contribution < -0.4 is 10.6 Å². The van der Waals surface area contributed by atoms with Gasteiger partial charge in [0.1, 0.15) is 0 Å². The summed E-state index contributed by atoms with van der Waals surface area (Å²) < 4.78 is 0. The summed E-state index contributed by atoms with van der Waals surface area (Å²) in [6.07, 6.45) is 3.69. The maximum Gasteiger partial charge on any atom is 0.257 e. The van der Waals surface area contributed by atoms with E-state index in [0.717, 1.165) is 33.4 Å². The molecule has 0 spiro atoms. The molecule has 0 aliphatic carbocycles. The lowest BCUT2D eigenvalue weighted by atomic mass is 10.0. The fraction of sp³-hybridized carbons (Fsp3) is 0.0556. The molecule has 1 amide bonds. The minimum Gasteiger partial charge on any atom is -0.361 e. The van der Waals surface area contributed by atoms with Gasteiger partial charge >= 0.3 is 0 Å². The number of rotatable bonds is 2. The number of carbonyl (C=O) groups excluding carboxylic acids is 1. The number of aryl methyl sites for hydroxylation is 1. The van der Waals surface area contributed by atoms with Crippen molar-refractivity contribution >= 4 is 33.8 Å². The number of aromatic nitrogens is 1. The topological polar surface area (TPSA) is 56.9 Å². The average Bonchev–Trinajstić information content (AvgIpc) is 3.09. The zero-order valence-electron chi connectivity index (χ0n) is 12.1. The predicted octanol–water partition coefficient (Wildman–Crippen LogP) is 3.88. The van der Waals surface area contributed by atoms with Crippen LogP contribution in [0.5, 0.6) is 0 Å². The Hall–Kier alpha value is -3.01. The molecule has 0 fully saturated rings. The summed E-state index contributed by atoms with van der Waals surface area (Å²) in [6, 6.07) is 14.0. The molecule has 4 heteroatoms. The van der Waals surface area contributed by atoms with E-state index in [-0.39, 0.29) is 5.91 Å². The van der Waals surface area contributed by atoms with Crippen LogP contribution in [0.15, 0.2) is 54.9 Å². The maximum atomic E-state index is 12.2. The first-order valence-corrected chi connectivity index (χ1v) is 7.17. The molecule has 2 aromatic carbocycles. The van der Waals surface area contributed by atoms with Crippen molar-refractivity contribution < 1.29 is 4.79 Å². The third-order valence-corrected chi connectivity index (χ3v) is 3.97. The first-order chi connectivity index (χ1) is 10.7. The van der Waals surface area contributed by atoms with Gasteiger partial charge in [-0.05, 0) is 42.1 Å². The van der Waals surface area contributed by atoms with Crippen molar-refractivity contribution in [3.63, 3.8) is 0 Å². The number of hydrogen-bond donors (Lipinski definition) is 3. The molecule has 0 radical (unpaired) electrons. The van der Waals surface area contributed by atoms with Crippen molar-refractivity contribution in [2.45, 2.75) is 6.92 Å². The summed E-state index contributed by atoms with van der Waals surface area (Å²) in [6.45, 7) is 2.01. The van der Waals surface area contributed by atoms with Gasteiger partial charge in [0.25, 0.3) is 5.91 Å². The quantitative estimate of drug-likeness (QED) is 0.627. The summed E-state index contributed by atoms with van der Waals surface area (Å²) in [5.41, 5.74) is 5.61. The van der Waals surface area contributed by atoms with Gasteiger partial charge in [-0.15, -0.1) is 0 Å². The van der Waals surface area contributed by atoms with Crippen molar-refractivity contribution in [1.29, 1.82) is 0 Å². The van der Waals surface area contributed by atoms with Crippen LogP contribution in [0.2, 0.25) is 0 Å². The van der Waals surface area contributed by atoms with Gasteiger partial charge in [-0.1, -0.05) is 18.2 Å². The van der Waals surface area contributed by atoms with E-state index in [4.69, 9.17) is 0 Å². The zero-order chi connectivity index (χ0) is 15.1. The molecule has 2 heterocycles. The normalized spacial score (nSPS) is 15.1. The molecule has 1 aliphatic rings. The number of benzene rings is 2. The predicted molar refractivity (Wildman–Crippen MR) is 89.7 cm³/mol. The Morgan fingerprint density at radius 1 is 1.14 bits per heavy atom. The fourth-order valence-electron chi connectivity index (χ4n) is 2.86. The number of amides is 1. The van der Waals surface area contributed by atoms with Crippen LogP contribution in [-0.4, -0.2) is 10.9 Å². The van der Waals surface area contributed by atoms with Crippen molar-refractivity contribution in [2.75, 3.05) is 10.6 Å². The molecule has 1 aromatic heterocycles. The number of nitrogens with one attached hydrogen (secondary N) is 3. The highest BCUT2D eigenvalue weighted by Crippen LogP contribution is 2.34. The monoisotopic (exact) mass is 289 g/mol. The molecule has 0 atom stereocenters. The van der Waals surface area contributed by atoms with E-state index in [1.165, 1.54) is 0 Å². The fourth-order valence-corrected chi connectivity index (χ4v) is 2.86. The molecule has 0 bridgehead atoms. The SMILES string of the molecule is Cc1cccc2c1/C(=C/Nc1ccc3cc[nH]c3c1)C(=O)N2. The second-order valence-corrected chi connectivity index (χ2v) is 5.43. The van der Waals surface area contributed by atoms with E-state index < -0.39 is 0 Å². The Morgan fingerprint density at radius 2 is 2.05 bits per heavy atom. The highest BCUT2D eigenvalue weighted by molar-refractivity contribution is 6.32. The number of carbonyl (C=O) groups is 1. The Morgan fingerprint density at radius 3 is 2.95 bits per heavy atom. The third-order valence-electron chi connectivity index (χ3n) is 3.97. The molecular formula is C18H15N3O. The van der Waals surface area contributed by atoms with Gasteiger partial charge in [0.2, 0.25) is 0 Å². The standard InChI is InChI=1S/C18H15N3O/c1-11-3-2-4-15-17(11)14(18(22)21-15)10-20-13-6-5-12-7-8-19-16(12)9-13/h2-10,19-20H,1H3,(H,21,22)/b14-10-. The molecule has 1 aliphatic heterocycles. The maximum absolute atomic E-state index is 12.2. The summed E-state index contributed by atoms with van der Waals surface area (Å²) in [5, 5.41) is 7.29. The van der Waals surface area contributed by atoms with Crippen LogP contribution in [0, 0.1) is 6.92 Å². The highest BCUT2D eigenvalue weighted by atomic mass is 16.2. The van der Waals surface area contributed by atoms with Crippen molar-refractivity contribution in [1.82, 2.24) is 4.98 Å². The van der Waals surface area contributed by atoms with Crippen LogP contribution >= 0.6 is 0 Å². The number of fused-ring (bicyclic) bond motifs is 2. The first kappa shape index (κ1) is 12.7. The van der Waals surface area contributed by atoms with Gasteiger partial charge in [0.15, 0.2) is 0 Å². The summed E-state index contributed by atoms with van der Waals surface area (Å²) in [7, 11) is 0. The van der Waals surface area contributed by atoms with Crippen molar-refractivity contribution in [3.8, 4) is 0 Å². The molecule has 4 nitrogen and oxygen atoms in total. The summed E-state index contributed by atoms with van der Waals surface area (Å²) >= 11 is 0. The van der Waals surface area contributed by atoms with Crippen molar-refractivity contribution in [3.05, 3.63) is 66.0 Å². The molecule has 0 unspecified atom stereocenters. The molecule has 4 rings (SSSR count). The molecule has 108 valence electrons. The second kappa shape index (κ2) is 4.77. The minimum absolute atomic E-state index is 0.0715. The number of anilines is 2. The molecule has 3 aromatic rings. The van der Waals surface area contributed by atoms with E-state index in [0.29, 0.717) is 5.57 Å². The number of hydrogen-bond acceptors (Lipinski definition) is 2. The molecular weight excluding hydrogens is 274 g/mol. The summed E-state index contributed by atoms with van der Waals surface area (Å²) in [5.74, 6) is -0.0715. The smallest absolute Gasteiger partial charge is 0.257 e. The minimum atomic E-state index is -0.0715. The van der Waals surface area contributed by atoms with Gasteiger partial charge < -0.3 is 15.6 Å². The van der Waals surface area contributed by atoms with Gasteiger partial charge in [-0.25, -0.2) is 0 Å². The van der Waals surface area contributed by atoms with Crippen LogP contribution in [0.1, 0.15) is 11.1 Å². The number of H-pyrrole nitrogens is 1. The van der Waals surface area contributed by atoms with Crippen LogP contribution in [0.3, 0.4) is 0 Å². The molecule has 22 heavy (non-hydrogen) atoms. The van der Waals surface area contributed by atoms with Crippen LogP contribution in [-0.2, 0) is 4.79 Å². The lowest BCUT2D eigenvalue weighted by molar-refractivity contribution is -0.110. The number of aromatic amines is 1. The Kier molecular flexibility index (Phi) is 2.76.